The fourth-order valence-electron chi connectivity index (χ4n) is 4.78. The number of hydrogen-bond donors (Lipinski definition) is 0. The molecule has 0 atom stereocenters. The predicted octanol–water partition coefficient (Wildman–Crippen LogP) is 3.21. The van der Waals surface area contributed by atoms with Gasteiger partial charge in [-0.05, 0) is 48.7 Å². The van der Waals surface area contributed by atoms with Gasteiger partial charge in [0.05, 0.1) is 42.5 Å². The van der Waals surface area contributed by atoms with Crippen molar-refractivity contribution >= 4 is 22.2 Å². The molecule has 2 aromatic carbocycles. The second kappa shape index (κ2) is 8.94. The number of ether oxygens (including phenoxy) is 2. The molecule has 0 radical (unpaired) electrons. The highest BCUT2D eigenvalue weighted by atomic mass is 16.5. The minimum Gasteiger partial charge on any atom is -0.497 e. The first kappa shape index (κ1) is 22.0. The number of fused-ring (bicyclic) bond motifs is 2. The summed E-state index contributed by atoms with van der Waals surface area (Å²) in [5.41, 5.74) is 4.01. The third-order valence-electron chi connectivity index (χ3n) is 6.62. The first-order valence-electron chi connectivity index (χ1n) is 11.7. The maximum absolute atomic E-state index is 13.8. The maximum atomic E-state index is 13.8. The fraction of sp³-hybridized carbons (Fsp3) is 0.269. The molecule has 0 amide bonds. The Kier molecular flexibility index (Phi) is 5.47. The molecule has 10 nitrogen and oxygen atoms in total. The van der Waals surface area contributed by atoms with Crippen molar-refractivity contribution in [1.29, 1.82) is 5.26 Å². The number of methoxy groups -OCH3 is 1. The van der Waals surface area contributed by atoms with Crippen LogP contribution in [0.3, 0.4) is 0 Å². The Labute approximate surface area is 206 Å². The molecule has 1 aliphatic rings. The van der Waals surface area contributed by atoms with Crippen molar-refractivity contribution in [3.05, 3.63) is 76.6 Å². The third kappa shape index (κ3) is 3.70. The van der Waals surface area contributed by atoms with Gasteiger partial charge in [0.1, 0.15) is 17.6 Å². The second-order valence-corrected chi connectivity index (χ2v) is 8.74. The zero-order chi connectivity index (χ0) is 24.6. The molecule has 0 bridgehead atoms. The molecule has 1 fully saturated rings. The number of nitriles is 1. The van der Waals surface area contributed by atoms with Gasteiger partial charge in [0.15, 0.2) is 5.65 Å². The van der Waals surface area contributed by atoms with Crippen LogP contribution in [0.15, 0.2) is 59.8 Å². The van der Waals surface area contributed by atoms with E-state index in [4.69, 9.17) is 14.5 Å². The average Bonchev–Trinajstić information content (AvgIpc) is 3.47. The van der Waals surface area contributed by atoms with E-state index in [1.54, 1.807) is 51.5 Å². The van der Waals surface area contributed by atoms with Crippen molar-refractivity contribution in [2.75, 3.05) is 20.3 Å². The minimum absolute atomic E-state index is 0.0206. The topological polar surface area (TPSA) is 113 Å². The van der Waals surface area contributed by atoms with Gasteiger partial charge in [-0.1, -0.05) is 12.1 Å². The quantitative estimate of drug-likeness (QED) is 0.379. The Morgan fingerprint density at radius 2 is 2.00 bits per heavy atom. The van der Waals surface area contributed by atoms with Gasteiger partial charge in [0, 0.05) is 19.3 Å². The molecule has 0 aliphatic carbocycles. The summed E-state index contributed by atoms with van der Waals surface area (Å²) in [4.78, 5) is 27.7. The van der Waals surface area contributed by atoms with Gasteiger partial charge < -0.3 is 9.47 Å². The third-order valence-corrected chi connectivity index (χ3v) is 6.62. The van der Waals surface area contributed by atoms with E-state index in [-0.39, 0.29) is 11.7 Å². The van der Waals surface area contributed by atoms with Gasteiger partial charge in [-0.3, -0.25) is 13.7 Å². The average molecular weight is 482 g/mol. The number of imidazole rings is 2. The van der Waals surface area contributed by atoms with E-state index in [1.807, 2.05) is 24.3 Å². The molecular weight excluding hydrogens is 458 g/mol. The van der Waals surface area contributed by atoms with Crippen LogP contribution in [0.1, 0.15) is 30.0 Å². The van der Waals surface area contributed by atoms with Gasteiger partial charge in [-0.25, -0.2) is 14.8 Å². The first-order valence-corrected chi connectivity index (χ1v) is 11.7. The Balaban J connectivity index is 1.53. The largest absolute Gasteiger partial charge is 0.497 e. The van der Waals surface area contributed by atoms with Crippen LogP contribution in [0.5, 0.6) is 5.75 Å². The van der Waals surface area contributed by atoms with Gasteiger partial charge in [-0.15, -0.1) is 0 Å². The molecule has 1 aliphatic heterocycles. The lowest BCUT2D eigenvalue weighted by Gasteiger charge is -2.22. The van der Waals surface area contributed by atoms with Gasteiger partial charge >= 0.3 is 5.69 Å². The second-order valence-electron chi connectivity index (χ2n) is 8.74. The molecule has 6 rings (SSSR count). The predicted molar refractivity (Wildman–Crippen MR) is 132 cm³/mol. The maximum Gasteiger partial charge on any atom is 0.330 e. The highest BCUT2D eigenvalue weighted by Crippen LogP contribution is 2.26. The van der Waals surface area contributed by atoms with E-state index in [0.29, 0.717) is 42.4 Å². The molecule has 4 heterocycles. The van der Waals surface area contributed by atoms with Crippen LogP contribution in [-0.2, 0) is 11.3 Å². The molecule has 36 heavy (non-hydrogen) atoms. The lowest BCUT2D eigenvalue weighted by molar-refractivity contribution is 0.0695. The highest BCUT2D eigenvalue weighted by Gasteiger charge is 2.25. The van der Waals surface area contributed by atoms with Crippen molar-refractivity contribution in [2.45, 2.75) is 25.4 Å². The van der Waals surface area contributed by atoms with E-state index in [2.05, 4.69) is 16.0 Å². The highest BCUT2D eigenvalue weighted by molar-refractivity contribution is 5.79. The van der Waals surface area contributed by atoms with Crippen LogP contribution in [0.25, 0.3) is 28.1 Å². The van der Waals surface area contributed by atoms with Gasteiger partial charge in [-0.2, -0.15) is 10.2 Å². The lowest BCUT2D eigenvalue weighted by Crippen LogP contribution is -2.31. The molecule has 0 N–H and O–H groups in total. The van der Waals surface area contributed by atoms with Gasteiger partial charge in [0.25, 0.3) is 0 Å². The van der Waals surface area contributed by atoms with Crippen molar-refractivity contribution < 1.29 is 9.47 Å². The van der Waals surface area contributed by atoms with Crippen LogP contribution in [0.2, 0.25) is 0 Å². The summed E-state index contributed by atoms with van der Waals surface area (Å²) in [5, 5.41) is 9.34. The summed E-state index contributed by atoms with van der Waals surface area (Å²) in [5.74, 6) is 1.12. The minimum atomic E-state index is -0.131. The van der Waals surface area contributed by atoms with E-state index in [1.165, 1.54) is 0 Å². The smallest absolute Gasteiger partial charge is 0.330 e. The Morgan fingerprint density at radius 3 is 2.81 bits per heavy atom. The van der Waals surface area contributed by atoms with Crippen LogP contribution in [0, 0.1) is 11.3 Å². The monoisotopic (exact) mass is 481 g/mol. The first-order chi connectivity index (χ1) is 17.7. The van der Waals surface area contributed by atoms with Crippen molar-refractivity contribution in [1.82, 2.24) is 28.7 Å². The standard InChI is InChI=1S/C26H23N7O3/c1-35-20-4-2-3-18(11-20)15-31-23-14-28-25(32-16-29-21-6-5-17(13-27)12-22(21)32)30-24(23)33(26(31)34)19-7-9-36-10-8-19/h2-6,11-12,14,16,19H,7-10,15H2,1H3. The molecule has 180 valence electrons. The normalized spacial score (nSPS) is 14.3. The number of nitrogens with zero attached hydrogens (tertiary/aromatic N) is 7. The number of hydrogen-bond acceptors (Lipinski definition) is 7. The Morgan fingerprint density at radius 1 is 1.14 bits per heavy atom. The fourth-order valence-corrected chi connectivity index (χ4v) is 4.78. The summed E-state index contributed by atoms with van der Waals surface area (Å²) in [7, 11) is 1.62. The summed E-state index contributed by atoms with van der Waals surface area (Å²) < 4.78 is 16.1. The zero-order valence-corrected chi connectivity index (χ0v) is 19.7. The Hall–Kier alpha value is -4.49. The van der Waals surface area contributed by atoms with Crippen molar-refractivity contribution in [3.8, 4) is 17.8 Å². The van der Waals surface area contributed by atoms with Crippen LogP contribution < -0.4 is 10.4 Å². The molecule has 3 aromatic heterocycles. The molecule has 1 saturated heterocycles. The summed E-state index contributed by atoms with van der Waals surface area (Å²) in [6.45, 7) is 1.56. The molecule has 0 unspecified atom stereocenters. The van der Waals surface area contributed by atoms with Crippen LogP contribution >= 0.6 is 0 Å². The Bertz CT molecular complexity index is 1690. The number of rotatable bonds is 5. The van der Waals surface area contributed by atoms with Crippen LogP contribution in [-0.4, -0.2) is 49.0 Å². The molecule has 5 aromatic rings. The summed E-state index contributed by atoms with van der Waals surface area (Å²) in [6.07, 6.45) is 4.79. The van der Waals surface area contributed by atoms with Crippen molar-refractivity contribution in [3.63, 3.8) is 0 Å². The van der Waals surface area contributed by atoms with E-state index in [9.17, 15) is 10.1 Å². The van der Waals surface area contributed by atoms with E-state index >= 15 is 0 Å². The number of aromatic nitrogens is 6. The molecule has 0 spiro atoms. The summed E-state index contributed by atoms with van der Waals surface area (Å²) in [6, 6.07) is 15.1. The van der Waals surface area contributed by atoms with Crippen LogP contribution in [0.4, 0.5) is 0 Å². The molecular formula is C26H23N7O3. The zero-order valence-electron chi connectivity index (χ0n) is 19.7. The van der Waals surface area contributed by atoms with E-state index in [0.717, 1.165) is 35.2 Å². The lowest BCUT2D eigenvalue weighted by atomic mass is 10.1. The molecule has 0 saturated carbocycles. The SMILES string of the molecule is COc1cccc(Cn2c(=O)n(C3CCOCC3)c3nc(-n4cnc5ccc(C#N)cc54)ncc32)c1. The van der Waals surface area contributed by atoms with Crippen molar-refractivity contribution in [2.24, 2.45) is 0 Å². The van der Waals surface area contributed by atoms with E-state index < -0.39 is 0 Å². The summed E-state index contributed by atoms with van der Waals surface area (Å²) >= 11 is 0. The van der Waals surface area contributed by atoms with Gasteiger partial charge in [0.2, 0.25) is 5.95 Å². The molecule has 10 heteroatoms. The number of benzene rings is 2.